The summed E-state index contributed by atoms with van der Waals surface area (Å²) in [6, 6.07) is 11.0. The SMILES string of the molecule is C#Cc1cccc(O)c1N1C(=O)c2ccccc2C1=O. The van der Waals surface area contributed by atoms with Crippen molar-refractivity contribution in [1.29, 1.82) is 0 Å². The van der Waals surface area contributed by atoms with Gasteiger partial charge in [0.25, 0.3) is 11.8 Å². The Hall–Kier alpha value is -3.06. The molecule has 0 fully saturated rings. The molecule has 1 aliphatic rings. The second-order valence-corrected chi connectivity index (χ2v) is 4.31. The average molecular weight is 263 g/mol. The van der Waals surface area contributed by atoms with Crippen LogP contribution in [0.5, 0.6) is 5.75 Å². The van der Waals surface area contributed by atoms with Gasteiger partial charge in [-0.05, 0) is 24.3 Å². The normalized spacial score (nSPS) is 13.2. The Morgan fingerprint density at radius 2 is 1.55 bits per heavy atom. The van der Waals surface area contributed by atoms with E-state index in [2.05, 4.69) is 5.92 Å². The van der Waals surface area contributed by atoms with E-state index in [1.807, 2.05) is 0 Å². The lowest BCUT2D eigenvalue weighted by Gasteiger charge is -2.17. The van der Waals surface area contributed by atoms with Gasteiger partial charge in [0.1, 0.15) is 11.4 Å². The summed E-state index contributed by atoms with van der Waals surface area (Å²) in [5, 5.41) is 9.96. The van der Waals surface area contributed by atoms with E-state index in [4.69, 9.17) is 6.42 Å². The summed E-state index contributed by atoms with van der Waals surface area (Å²) in [5.41, 5.74) is 0.966. The summed E-state index contributed by atoms with van der Waals surface area (Å²) in [4.78, 5) is 25.6. The average Bonchev–Trinajstić information content (AvgIpc) is 2.72. The Kier molecular flexibility index (Phi) is 2.55. The minimum atomic E-state index is -0.483. The number of terminal acetylenes is 1. The van der Waals surface area contributed by atoms with Crippen molar-refractivity contribution in [3.8, 4) is 18.1 Å². The number of hydrogen-bond donors (Lipinski definition) is 1. The third kappa shape index (κ3) is 1.50. The smallest absolute Gasteiger partial charge is 0.266 e. The third-order valence-electron chi connectivity index (χ3n) is 3.19. The van der Waals surface area contributed by atoms with Crippen molar-refractivity contribution in [3.05, 3.63) is 59.2 Å². The number of phenols is 1. The van der Waals surface area contributed by atoms with Gasteiger partial charge >= 0.3 is 0 Å². The zero-order chi connectivity index (χ0) is 14.3. The van der Waals surface area contributed by atoms with Gasteiger partial charge in [-0.2, -0.15) is 0 Å². The van der Waals surface area contributed by atoms with E-state index in [-0.39, 0.29) is 11.4 Å². The van der Waals surface area contributed by atoms with E-state index in [0.29, 0.717) is 16.7 Å². The van der Waals surface area contributed by atoms with Gasteiger partial charge in [-0.1, -0.05) is 24.1 Å². The molecule has 1 aliphatic heterocycles. The molecule has 2 amide bonds. The number of phenolic OH excluding ortho intramolecular Hbond substituents is 1. The number of para-hydroxylation sites is 1. The molecule has 1 N–H and O–H groups in total. The molecule has 0 spiro atoms. The number of rotatable bonds is 1. The van der Waals surface area contributed by atoms with Crippen LogP contribution in [-0.2, 0) is 0 Å². The summed E-state index contributed by atoms with van der Waals surface area (Å²) in [6.45, 7) is 0. The van der Waals surface area contributed by atoms with Gasteiger partial charge < -0.3 is 5.11 Å². The number of carbonyl (C=O) groups is 2. The Labute approximate surface area is 115 Å². The van der Waals surface area contributed by atoms with E-state index in [0.717, 1.165) is 4.90 Å². The van der Waals surface area contributed by atoms with Gasteiger partial charge in [-0.25, -0.2) is 4.90 Å². The van der Waals surface area contributed by atoms with Crippen molar-refractivity contribution in [3.63, 3.8) is 0 Å². The molecule has 20 heavy (non-hydrogen) atoms. The number of carbonyl (C=O) groups excluding carboxylic acids is 2. The molecule has 0 saturated heterocycles. The summed E-state index contributed by atoms with van der Waals surface area (Å²) in [7, 11) is 0. The first-order valence-electron chi connectivity index (χ1n) is 5.91. The van der Waals surface area contributed by atoms with Crippen LogP contribution in [0, 0.1) is 12.3 Å². The molecule has 1 heterocycles. The minimum Gasteiger partial charge on any atom is -0.506 e. The lowest BCUT2D eigenvalue weighted by Crippen LogP contribution is -2.30. The van der Waals surface area contributed by atoms with Crippen LogP contribution in [0.3, 0.4) is 0 Å². The first-order valence-corrected chi connectivity index (χ1v) is 5.91. The quantitative estimate of drug-likeness (QED) is 0.633. The van der Waals surface area contributed by atoms with E-state index in [1.165, 1.54) is 6.07 Å². The highest BCUT2D eigenvalue weighted by Crippen LogP contribution is 2.36. The largest absolute Gasteiger partial charge is 0.506 e. The predicted octanol–water partition coefficient (Wildman–Crippen LogP) is 2.17. The standard InChI is InChI=1S/C16H9NO3/c1-2-10-6-5-9-13(18)14(10)17-15(19)11-7-3-4-8-12(11)16(17)20/h1,3-9,18H. The number of amides is 2. The summed E-state index contributed by atoms with van der Waals surface area (Å²) >= 11 is 0. The van der Waals surface area contributed by atoms with Gasteiger partial charge in [0.15, 0.2) is 0 Å². The fourth-order valence-corrected chi connectivity index (χ4v) is 2.28. The number of nitrogens with zero attached hydrogens (tertiary/aromatic N) is 1. The fourth-order valence-electron chi connectivity index (χ4n) is 2.28. The molecule has 0 unspecified atom stereocenters. The van der Waals surface area contributed by atoms with Gasteiger partial charge in [-0.15, -0.1) is 6.42 Å². The van der Waals surface area contributed by atoms with Crippen LogP contribution in [-0.4, -0.2) is 16.9 Å². The number of imide groups is 1. The summed E-state index contributed by atoms with van der Waals surface area (Å²) in [5.74, 6) is 1.21. The third-order valence-corrected chi connectivity index (χ3v) is 3.19. The summed E-state index contributed by atoms with van der Waals surface area (Å²) < 4.78 is 0. The van der Waals surface area contributed by atoms with Crippen LogP contribution in [0.25, 0.3) is 0 Å². The molecular weight excluding hydrogens is 254 g/mol. The zero-order valence-electron chi connectivity index (χ0n) is 10.3. The van der Waals surface area contributed by atoms with E-state index >= 15 is 0 Å². The molecular formula is C16H9NO3. The van der Waals surface area contributed by atoms with Gasteiger partial charge in [0.05, 0.1) is 16.7 Å². The number of aromatic hydroxyl groups is 1. The van der Waals surface area contributed by atoms with Crippen LogP contribution in [0.2, 0.25) is 0 Å². The molecule has 0 atom stereocenters. The minimum absolute atomic E-state index is 0.0567. The monoisotopic (exact) mass is 263 g/mol. The maximum absolute atomic E-state index is 12.4. The molecule has 0 saturated carbocycles. The van der Waals surface area contributed by atoms with Gasteiger partial charge in [0, 0.05) is 0 Å². The fraction of sp³-hybridized carbons (Fsp3) is 0. The Morgan fingerprint density at radius 1 is 0.950 bits per heavy atom. The second-order valence-electron chi connectivity index (χ2n) is 4.31. The van der Waals surface area contributed by atoms with Crippen LogP contribution in [0.1, 0.15) is 26.3 Å². The molecule has 0 radical (unpaired) electrons. The molecule has 3 rings (SSSR count). The first kappa shape index (κ1) is 12.0. The van der Waals surface area contributed by atoms with Gasteiger partial charge in [0.2, 0.25) is 0 Å². The lowest BCUT2D eigenvalue weighted by molar-refractivity contribution is 0.0925. The van der Waals surface area contributed by atoms with Crippen molar-refractivity contribution < 1.29 is 14.7 Å². The number of hydrogen-bond acceptors (Lipinski definition) is 3. The van der Waals surface area contributed by atoms with Crippen LogP contribution in [0.15, 0.2) is 42.5 Å². The molecule has 4 heteroatoms. The highest BCUT2D eigenvalue weighted by molar-refractivity contribution is 6.35. The first-order chi connectivity index (χ1) is 9.65. The van der Waals surface area contributed by atoms with Crippen molar-refractivity contribution >= 4 is 17.5 Å². The van der Waals surface area contributed by atoms with Crippen molar-refractivity contribution in [2.45, 2.75) is 0 Å². The molecule has 2 aromatic rings. The molecule has 2 aromatic carbocycles. The topological polar surface area (TPSA) is 57.6 Å². The Morgan fingerprint density at radius 3 is 2.10 bits per heavy atom. The predicted molar refractivity (Wildman–Crippen MR) is 73.6 cm³/mol. The van der Waals surface area contributed by atoms with Gasteiger partial charge in [-0.3, -0.25) is 9.59 Å². The van der Waals surface area contributed by atoms with Crippen LogP contribution >= 0.6 is 0 Å². The van der Waals surface area contributed by atoms with Crippen molar-refractivity contribution in [1.82, 2.24) is 0 Å². The molecule has 0 aliphatic carbocycles. The number of fused-ring (bicyclic) bond motifs is 1. The maximum atomic E-state index is 12.4. The van der Waals surface area contributed by atoms with E-state index in [9.17, 15) is 14.7 Å². The molecule has 4 nitrogen and oxygen atoms in total. The molecule has 0 aromatic heterocycles. The second kappa shape index (κ2) is 4.25. The Bertz CT molecular complexity index is 752. The molecule has 96 valence electrons. The Balaban J connectivity index is 2.23. The highest BCUT2D eigenvalue weighted by Gasteiger charge is 2.38. The van der Waals surface area contributed by atoms with Crippen LogP contribution in [0.4, 0.5) is 5.69 Å². The van der Waals surface area contributed by atoms with Crippen molar-refractivity contribution in [2.75, 3.05) is 4.90 Å². The maximum Gasteiger partial charge on any atom is 0.266 e. The van der Waals surface area contributed by atoms with E-state index in [1.54, 1.807) is 36.4 Å². The lowest BCUT2D eigenvalue weighted by atomic mass is 10.1. The van der Waals surface area contributed by atoms with Crippen LogP contribution < -0.4 is 4.90 Å². The van der Waals surface area contributed by atoms with Crippen molar-refractivity contribution in [2.24, 2.45) is 0 Å². The number of anilines is 1. The molecule has 0 bridgehead atoms. The highest BCUT2D eigenvalue weighted by atomic mass is 16.3. The summed E-state index contributed by atoms with van der Waals surface area (Å²) in [6.07, 6.45) is 5.37. The van der Waals surface area contributed by atoms with E-state index < -0.39 is 11.8 Å². The number of benzene rings is 2. The zero-order valence-corrected chi connectivity index (χ0v) is 10.3.